The Kier molecular flexibility index (Phi) is 5.27. The van der Waals surface area contributed by atoms with Crippen molar-refractivity contribution in [1.29, 1.82) is 0 Å². The first-order valence-electron chi connectivity index (χ1n) is 14.8. The van der Waals surface area contributed by atoms with Gasteiger partial charge in [-0.2, -0.15) is 0 Å². The molecule has 0 unspecified atom stereocenters. The molecule has 1 nitrogen and oxygen atoms in total. The van der Waals surface area contributed by atoms with E-state index in [0.29, 0.717) is 0 Å². The van der Waals surface area contributed by atoms with E-state index in [1.807, 2.05) is 6.07 Å². The molecular formula is C42H26O. The molecule has 0 fully saturated rings. The quantitative estimate of drug-likeness (QED) is 0.201. The van der Waals surface area contributed by atoms with Gasteiger partial charge in [-0.3, -0.25) is 0 Å². The summed E-state index contributed by atoms with van der Waals surface area (Å²) in [6, 6.07) is 56.8. The maximum atomic E-state index is 6.27. The summed E-state index contributed by atoms with van der Waals surface area (Å²) in [5, 5.41) is 9.84. The van der Waals surface area contributed by atoms with Gasteiger partial charge in [0.05, 0.1) is 0 Å². The normalized spacial score (nSPS) is 11.7. The maximum absolute atomic E-state index is 6.27. The minimum absolute atomic E-state index is 0.914. The van der Waals surface area contributed by atoms with Crippen LogP contribution in [0.3, 0.4) is 0 Å². The molecule has 0 atom stereocenters. The fraction of sp³-hybridized carbons (Fsp3) is 0. The number of para-hydroxylation sites is 1. The summed E-state index contributed by atoms with van der Waals surface area (Å²) >= 11 is 0. The molecule has 0 aliphatic carbocycles. The predicted molar refractivity (Wildman–Crippen MR) is 183 cm³/mol. The van der Waals surface area contributed by atoms with Gasteiger partial charge in [0.25, 0.3) is 0 Å². The van der Waals surface area contributed by atoms with Gasteiger partial charge in [-0.15, -0.1) is 0 Å². The van der Waals surface area contributed by atoms with E-state index in [2.05, 4.69) is 152 Å². The lowest BCUT2D eigenvalue weighted by molar-refractivity contribution is 0.669. The van der Waals surface area contributed by atoms with E-state index in [-0.39, 0.29) is 0 Å². The van der Waals surface area contributed by atoms with Crippen LogP contribution in [0.2, 0.25) is 0 Å². The Morgan fingerprint density at radius 1 is 0.326 bits per heavy atom. The van der Waals surface area contributed by atoms with E-state index in [4.69, 9.17) is 4.42 Å². The first kappa shape index (κ1) is 24.0. The second-order valence-electron chi connectivity index (χ2n) is 11.2. The van der Waals surface area contributed by atoms with Gasteiger partial charge in [0, 0.05) is 10.8 Å². The first-order chi connectivity index (χ1) is 21.3. The highest BCUT2D eigenvalue weighted by molar-refractivity contribution is 6.24. The van der Waals surface area contributed by atoms with Crippen LogP contribution in [0.1, 0.15) is 0 Å². The molecule has 1 heterocycles. The third-order valence-electron chi connectivity index (χ3n) is 8.86. The number of fused-ring (bicyclic) bond motifs is 6. The molecule has 200 valence electrons. The van der Waals surface area contributed by atoms with Crippen LogP contribution < -0.4 is 0 Å². The number of furan rings is 1. The summed E-state index contributed by atoms with van der Waals surface area (Å²) in [6.45, 7) is 0. The number of rotatable bonds is 3. The van der Waals surface area contributed by atoms with Gasteiger partial charge >= 0.3 is 0 Å². The van der Waals surface area contributed by atoms with Gasteiger partial charge < -0.3 is 4.42 Å². The van der Waals surface area contributed by atoms with E-state index in [1.54, 1.807) is 0 Å². The van der Waals surface area contributed by atoms with Crippen molar-refractivity contribution in [2.75, 3.05) is 0 Å². The highest BCUT2D eigenvalue weighted by Gasteiger charge is 2.19. The molecule has 8 aromatic carbocycles. The molecule has 0 saturated carbocycles. The Morgan fingerprint density at radius 2 is 0.930 bits per heavy atom. The van der Waals surface area contributed by atoms with Crippen LogP contribution in [0.15, 0.2) is 162 Å². The molecule has 0 bridgehead atoms. The Bertz CT molecular complexity index is 2490. The monoisotopic (exact) mass is 546 g/mol. The molecule has 0 aliphatic heterocycles. The van der Waals surface area contributed by atoms with E-state index >= 15 is 0 Å². The average molecular weight is 547 g/mol. The fourth-order valence-electron chi connectivity index (χ4n) is 7.01. The van der Waals surface area contributed by atoms with Gasteiger partial charge in [-0.25, -0.2) is 0 Å². The van der Waals surface area contributed by atoms with Crippen LogP contribution in [0, 0.1) is 0 Å². The van der Waals surface area contributed by atoms with E-state index in [0.717, 1.165) is 21.9 Å². The third kappa shape index (κ3) is 3.65. The largest absolute Gasteiger partial charge is 0.456 e. The number of benzene rings is 8. The van der Waals surface area contributed by atoms with Crippen molar-refractivity contribution < 1.29 is 4.42 Å². The molecule has 0 aliphatic rings. The molecule has 9 rings (SSSR count). The molecule has 0 amide bonds. The van der Waals surface area contributed by atoms with Crippen LogP contribution in [0.4, 0.5) is 0 Å². The Morgan fingerprint density at radius 3 is 1.79 bits per heavy atom. The van der Waals surface area contributed by atoms with Crippen LogP contribution in [0.25, 0.3) is 87.6 Å². The van der Waals surface area contributed by atoms with Crippen molar-refractivity contribution in [3.8, 4) is 33.4 Å². The SMILES string of the molecule is c1ccc(-c2c3ccccc3c(-c3cccc4ccccc34)c3ccc(-c4cccc5oc6ccccc6c45)cc23)cc1. The first-order valence-corrected chi connectivity index (χ1v) is 14.8. The topological polar surface area (TPSA) is 13.1 Å². The fourth-order valence-corrected chi connectivity index (χ4v) is 7.01. The van der Waals surface area contributed by atoms with Gasteiger partial charge in [0.2, 0.25) is 0 Å². The minimum Gasteiger partial charge on any atom is -0.456 e. The molecule has 0 saturated heterocycles. The number of hydrogen-bond acceptors (Lipinski definition) is 1. The Hall–Kier alpha value is -5.66. The summed E-state index contributed by atoms with van der Waals surface area (Å²) < 4.78 is 6.27. The van der Waals surface area contributed by atoms with Crippen LogP contribution in [-0.4, -0.2) is 0 Å². The summed E-state index contributed by atoms with van der Waals surface area (Å²) in [6.07, 6.45) is 0. The Balaban J connectivity index is 1.44. The van der Waals surface area contributed by atoms with Gasteiger partial charge in [0.15, 0.2) is 0 Å². The summed E-state index contributed by atoms with van der Waals surface area (Å²) in [7, 11) is 0. The van der Waals surface area contributed by atoms with Gasteiger partial charge in [-0.05, 0) is 83.9 Å². The van der Waals surface area contributed by atoms with E-state index in [1.165, 1.54) is 65.7 Å². The highest BCUT2D eigenvalue weighted by Crippen LogP contribution is 2.47. The Labute approximate surface area is 249 Å². The van der Waals surface area contributed by atoms with Crippen molar-refractivity contribution in [3.05, 3.63) is 158 Å². The predicted octanol–water partition coefficient (Wildman–Crippen LogP) is 12.0. The molecule has 1 aromatic heterocycles. The van der Waals surface area contributed by atoms with Crippen molar-refractivity contribution in [2.45, 2.75) is 0 Å². The standard InChI is InChI=1S/C42H26O/c1-2-13-28(14-3-1)40-33-17-6-7-18-34(33)41(32-21-10-15-27-12-4-5-16-30(27)32)35-25-24-29(26-37(35)40)31-20-11-23-39-42(31)36-19-8-9-22-38(36)43-39/h1-26H. The van der Waals surface area contributed by atoms with E-state index in [9.17, 15) is 0 Å². The van der Waals surface area contributed by atoms with Crippen molar-refractivity contribution in [2.24, 2.45) is 0 Å². The van der Waals surface area contributed by atoms with Crippen LogP contribution in [0.5, 0.6) is 0 Å². The maximum Gasteiger partial charge on any atom is 0.136 e. The van der Waals surface area contributed by atoms with E-state index < -0.39 is 0 Å². The highest BCUT2D eigenvalue weighted by atomic mass is 16.3. The van der Waals surface area contributed by atoms with Gasteiger partial charge in [-0.1, -0.05) is 140 Å². The second-order valence-corrected chi connectivity index (χ2v) is 11.2. The summed E-state index contributed by atoms with van der Waals surface area (Å²) in [5.74, 6) is 0. The zero-order chi connectivity index (χ0) is 28.3. The molecule has 0 N–H and O–H groups in total. The summed E-state index contributed by atoms with van der Waals surface area (Å²) in [4.78, 5) is 0. The molecule has 9 aromatic rings. The molecule has 0 spiro atoms. The molecular weight excluding hydrogens is 520 g/mol. The smallest absolute Gasteiger partial charge is 0.136 e. The second kappa shape index (κ2) is 9.44. The zero-order valence-electron chi connectivity index (χ0n) is 23.4. The third-order valence-corrected chi connectivity index (χ3v) is 8.86. The number of hydrogen-bond donors (Lipinski definition) is 0. The minimum atomic E-state index is 0.914. The van der Waals surface area contributed by atoms with Crippen molar-refractivity contribution >= 4 is 54.3 Å². The lowest BCUT2D eigenvalue weighted by Crippen LogP contribution is -1.92. The van der Waals surface area contributed by atoms with Crippen LogP contribution in [-0.2, 0) is 0 Å². The van der Waals surface area contributed by atoms with Gasteiger partial charge in [0.1, 0.15) is 11.2 Å². The zero-order valence-corrected chi connectivity index (χ0v) is 23.4. The average Bonchev–Trinajstić information content (AvgIpc) is 3.46. The lowest BCUT2D eigenvalue weighted by atomic mass is 9.83. The molecule has 1 heteroatoms. The molecule has 43 heavy (non-hydrogen) atoms. The lowest BCUT2D eigenvalue weighted by Gasteiger charge is -2.19. The summed E-state index contributed by atoms with van der Waals surface area (Å²) in [5.41, 5.74) is 9.22. The van der Waals surface area contributed by atoms with Crippen LogP contribution >= 0.6 is 0 Å². The molecule has 0 radical (unpaired) electrons. The van der Waals surface area contributed by atoms with Crippen molar-refractivity contribution in [3.63, 3.8) is 0 Å². The van der Waals surface area contributed by atoms with Crippen molar-refractivity contribution in [1.82, 2.24) is 0 Å².